The zero-order valence-electron chi connectivity index (χ0n) is 17.0. The largest absolute Gasteiger partial charge is 0.490 e. The van der Waals surface area contributed by atoms with E-state index in [0.717, 1.165) is 13.0 Å². The molecule has 6 heteroatoms. The smallest absolute Gasteiger partial charge is 0.241 e. The Bertz CT molecular complexity index is 881. The predicted molar refractivity (Wildman–Crippen MR) is 115 cm³/mol. The molecule has 0 spiro atoms. The number of aromatic nitrogens is 2. The van der Waals surface area contributed by atoms with E-state index in [2.05, 4.69) is 27.3 Å². The van der Waals surface area contributed by atoms with Crippen molar-refractivity contribution in [3.05, 3.63) is 78.9 Å². The summed E-state index contributed by atoms with van der Waals surface area (Å²) in [6, 6.07) is 17.5. The van der Waals surface area contributed by atoms with Crippen molar-refractivity contribution in [2.45, 2.75) is 32.5 Å². The summed E-state index contributed by atoms with van der Waals surface area (Å²) in [4.78, 5) is 19.1. The minimum Gasteiger partial charge on any atom is -0.490 e. The molecule has 0 radical (unpaired) electrons. The topological polar surface area (TPSA) is 59.4 Å². The fraction of sp³-hybridized carbons (Fsp3) is 0.304. The van der Waals surface area contributed by atoms with Crippen LogP contribution in [-0.4, -0.2) is 40.1 Å². The number of likely N-dealkylation sites (N-methyl/N-ethyl adjacent to an activating group) is 1. The normalized spacial score (nSPS) is 12.0. The van der Waals surface area contributed by atoms with Gasteiger partial charge in [-0.25, -0.2) is 4.98 Å². The van der Waals surface area contributed by atoms with Crippen molar-refractivity contribution in [2.24, 2.45) is 0 Å². The summed E-state index contributed by atoms with van der Waals surface area (Å²) >= 11 is 0. The second-order valence-electron chi connectivity index (χ2n) is 6.96. The van der Waals surface area contributed by atoms with Crippen molar-refractivity contribution in [3.63, 3.8) is 0 Å². The van der Waals surface area contributed by atoms with Crippen molar-refractivity contribution in [3.8, 4) is 5.75 Å². The zero-order valence-corrected chi connectivity index (χ0v) is 17.0. The third-order valence-corrected chi connectivity index (χ3v) is 4.81. The lowest BCUT2D eigenvalue weighted by atomic mass is 10.1. The van der Waals surface area contributed by atoms with Gasteiger partial charge < -0.3 is 14.6 Å². The average molecular weight is 393 g/mol. The number of hydrogen-bond donors (Lipinski definition) is 1. The monoisotopic (exact) mass is 392 g/mol. The van der Waals surface area contributed by atoms with Crippen LogP contribution in [-0.2, 0) is 17.9 Å². The van der Waals surface area contributed by atoms with E-state index >= 15 is 0 Å². The number of amides is 1. The van der Waals surface area contributed by atoms with Gasteiger partial charge in [-0.05, 0) is 31.2 Å². The first kappa shape index (κ1) is 20.6. The van der Waals surface area contributed by atoms with Gasteiger partial charge in [-0.15, -0.1) is 0 Å². The number of benzene rings is 2. The van der Waals surface area contributed by atoms with E-state index in [1.165, 1.54) is 5.56 Å². The SMILES string of the molecule is CC[C@H](C(=O)Nc1ccccc1OCCn1ccnc1)N(C)Cc1ccccc1. The van der Waals surface area contributed by atoms with Crippen LogP contribution in [0.15, 0.2) is 73.3 Å². The molecule has 1 atom stereocenters. The highest BCUT2D eigenvalue weighted by Gasteiger charge is 2.22. The number of rotatable bonds is 10. The first-order chi connectivity index (χ1) is 14.2. The molecule has 0 bridgehead atoms. The van der Waals surface area contributed by atoms with Gasteiger partial charge in [0.15, 0.2) is 0 Å². The predicted octanol–water partition coefficient (Wildman–Crippen LogP) is 3.81. The van der Waals surface area contributed by atoms with Crippen LogP contribution in [0.1, 0.15) is 18.9 Å². The van der Waals surface area contributed by atoms with Crippen LogP contribution >= 0.6 is 0 Å². The number of carbonyl (C=O) groups is 1. The Kier molecular flexibility index (Phi) is 7.41. The van der Waals surface area contributed by atoms with E-state index in [9.17, 15) is 4.79 Å². The minimum atomic E-state index is -0.228. The van der Waals surface area contributed by atoms with Crippen molar-refractivity contribution in [1.82, 2.24) is 14.5 Å². The highest BCUT2D eigenvalue weighted by Crippen LogP contribution is 2.24. The Morgan fingerprint density at radius 2 is 1.93 bits per heavy atom. The van der Waals surface area contributed by atoms with Gasteiger partial charge in [-0.1, -0.05) is 49.4 Å². The first-order valence-corrected chi connectivity index (χ1v) is 9.90. The van der Waals surface area contributed by atoms with Crippen molar-refractivity contribution in [1.29, 1.82) is 0 Å². The standard InChI is InChI=1S/C23H28N4O2/c1-3-21(26(2)17-19-9-5-4-6-10-19)23(28)25-20-11-7-8-12-22(20)29-16-15-27-14-13-24-18-27/h4-14,18,21H,3,15-17H2,1-2H3,(H,25,28)/t21-/m1/s1. The van der Waals surface area contributed by atoms with Gasteiger partial charge in [-0.3, -0.25) is 9.69 Å². The number of para-hydroxylation sites is 2. The number of nitrogens with zero attached hydrogens (tertiary/aromatic N) is 3. The highest BCUT2D eigenvalue weighted by molar-refractivity contribution is 5.96. The number of nitrogens with one attached hydrogen (secondary N) is 1. The highest BCUT2D eigenvalue weighted by atomic mass is 16.5. The summed E-state index contributed by atoms with van der Waals surface area (Å²) in [5.74, 6) is 0.637. The zero-order chi connectivity index (χ0) is 20.5. The molecule has 0 aliphatic carbocycles. The quantitative estimate of drug-likeness (QED) is 0.570. The summed E-state index contributed by atoms with van der Waals surface area (Å²) in [5.41, 5.74) is 1.87. The Hall–Kier alpha value is -3.12. The number of carbonyl (C=O) groups excluding carboxylic acids is 1. The van der Waals surface area contributed by atoms with Gasteiger partial charge >= 0.3 is 0 Å². The molecule has 6 nitrogen and oxygen atoms in total. The molecule has 1 aromatic heterocycles. The third kappa shape index (κ3) is 5.93. The number of hydrogen-bond acceptors (Lipinski definition) is 4. The van der Waals surface area contributed by atoms with Gasteiger partial charge in [0.05, 0.1) is 24.6 Å². The van der Waals surface area contributed by atoms with Crippen LogP contribution in [0.25, 0.3) is 0 Å². The van der Waals surface area contributed by atoms with E-state index in [0.29, 0.717) is 24.6 Å². The van der Waals surface area contributed by atoms with Crippen LogP contribution in [0.4, 0.5) is 5.69 Å². The number of anilines is 1. The molecule has 152 valence electrons. The van der Waals surface area contributed by atoms with Gasteiger partial charge in [-0.2, -0.15) is 0 Å². The molecule has 0 saturated heterocycles. The Morgan fingerprint density at radius 1 is 1.17 bits per heavy atom. The molecule has 1 heterocycles. The van der Waals surface area contributed by atoms with E-state index in [4.69, 9.17) is 4.74 Å². The van der Waals surface area contributed by atoms with Crippen molar-refractivity contribution in [2.75, 3.05) is 19.0 Å². The van der Waals surface area contributed by atoms with Crippen LogP contribution in [0.2, 0.25) is 0 Å². The molecule has 0 aliphatic heterocycles. The molecule has 1 amide bonds. The van der Waals surface area contributed by atoms with Crippen LogP contribution in [0, 0.1) is 0 Å². The van der Waals surface area contributed by atoms with Gasteiger partial charge in [0.1, 0.15) is 12.4 Å². The maximum absolute atomic E-state index is 13.0. The second kappa shape index (κ2) is 10.4. The molecule has 0 aliphatic rings. The first-order valence-electron chi connectivity index (χ1n) is 9.90. The lowest BCUT2D eigenvalue weighted by Crippen LogP contribution is -2.41. The molecule has 0 fully saturated rings. The Morgan fingerprint density at radius 3 is 2.66 bits per heavy atom. The van der Waals surface area contributed by atoms with E-state index in [1.807, 2.05) is 67.2 Å². The summed E-state index contributed by atoms with van der Waals surface area (Å²) in [7, 11) is 1.98. The summed E-state index contributed by atoms with van der Waals surface area (Å²) in [6.07, 6.45) is 6.11. The Balaban J connectivity index is 1.60. The van der Waals surface area contributed by atoms with Gasteiger partial charge in [0.25, 0.3) is 0 Å². The average Bonchev–Trinajstić information content (AvgIpc) is 3.24. The molecule has 0 saturated carbocycles. The maximum Gasteiger partial charge on any atom is 0.241 e. The molecule has 2 aromatic carbocycles. The van der Waals surface area contributed by atoms with Crippen molar-refractivity contribution < 1.29 is 9.53 Å². The fourth-order valence-electron chi connectivity index (χ4n) is 3.27. The van der Waals surface area contributed by atoms with E-state index in [-0.39, 0.29) is 11.9 Å². The number of ether oxygens (including phenoxy) is 1. The molecule has 3 aromatic rings. The number of imidazole rings is 1. The fourth-order valence-corrected chi connectivity index (χ4v) is 3.27. The van der Waals surface area contributed by atoms with Crippen LogP contribution in [0.3, 0.4) is 0 Å². The lowest BCUT2D eigenvalue weighted by molar-refractivity contribution is -0.121. The maximum atomic E-state index is 13.0. The molecule has 3 rings (SSSR count). The van der Waals surface area contributed by atoms with Gasteiger partial charge in [0.2, 0.25) is 5.91 Å². The Labute approximate surface area is 172 Å². The molecule has 29 heavy (non-hydrogen) atoms. The van der Waals surface area contributed by atoms with Crippen LogP contribution < -0.4 is 10.1 Å². The van der Waals surface area contributed by atoms with E-state index < -0.39 is 0 Å². The summed E-state index contributed by atoms with van der Waals surface area (Å²) in [6.45, 7) is 3.93. The van der Waals surface area contributed by atoms with E-state index in [1.54, 1.807) is 12.5 Å². The molecule has 0 unspecified atom stereocenters. The molecular weight excluding hydrogens is 364 g/mol. The van der Waals surface area contributed by atoms with Crippen molar-refractivity contribution >= 4 is 11.6 Å². The van der Waals surface area contributed by atoms with Gasteiger partial charge in [0, 0.05) is 18.9 Å². The summed E-state index contributed by atoms with van der Waals surface area (Å²) in [5, 5.41) is 3.05. The molecular formula is C23H28N4O2. The van der Waals surface area contributed by atoms with Crippen LogP contribution in [0.5, 0.6) is 5.75 Å². The minimum absolute atomic E-state index is 0.0309. The molecule has 1 N–H and O–H groups in total. The second-order valence-corrected chi connectivity index (χ2v) is 6.96. The lowest BCUT2D eigenvalue weighted by Gasteiger charge is -2.26. The third-order valence-electron chi connectivity index (χ3n) is 4.81. The summed E-state index contributed by atoms with van der Waals surface area (Å²) < 4.78 is 7.86.